The number of methoxy groups -OCH3 is 3. The highest BCUT2D eigenvalue weighted by atomic mass is 35.5. The van der Waals surface area contributed by atoms with E-state index in [-0.39, 0.29) is 0 Å². The molecule has 0 saturated heterocycles. The summed E-state index contributed by atoms with van der Waals surface area (Å²) in [5.41, 5.74) is 3.75. The maximum Gasteiger partial charge on any atom is 0.203 e. The summed E-state index contributed by atoms with van der Waals surface area (Å²) in [5, 5.41) is 8.92. The molecule has 1 aromatic heterocycles. The predicted molar refractivity (Wildman–Crippen MR) is 106 cm³/mol. The molecule has 0 unspecified atom stereocenters. The van der Waals surface area contributed by atoms with Gasteiger partial charge in [-0.2, -0.15) is 5.10 Å². The minimum Gasteiger partial charge on any atom is -0.493 e. The van der Waals surface area contributed by atoms with Crippen LogP contribution in [0, 0.1) is 0 Å². The monoisotopic (exact) mass is 385 g/mol. The van der Waals surface area contributed by atoms with E-state index in [1.807, 2.05) is 41.1 Å². The molecule has 0 atom stereocenters. The van der Waals surface area contributed by atoms with E-state index >= 15 is 0 Å². The molecule has 1 N–H and O–H groups in total. The van der Waals surface area contributed by atoms with Gasteiger partial charge in [-0.1, -0.05) is 23.7 Å². The van der Waals surface area contributed by atoms with Gasteiger partial charge in [-0.3, -0.25) is 0 Å². The van der Waals surface area contributed by atoms with Crippen LogP contribution < -0.4 is 19.5 Å². The van der Waals surface area contributed by atoms with E-state index in [0.29, 0.717) is 22.3 Å². The number of fused-ring (bicyclic) bond motifs is 1. The lowest BCUT2D eigenvalue weighted by Crippen LogP contribution is -2.04. The number of hydrogen-bond donors (Lipinski definition) is 1. The molecule has 3 aromatic rings. The summed E-state index contributed by atoms with van der Waals surface area (Å²) in [7, 11) is 4.80. The van der Waals surface area contributed by atoms with Gasteiger partial charge in [0.15, 0.2) is 11.5 Å². The van der Waals surface area contributed by atoms with Crippen molar-refractivity contribution in [1.82, 2.24) is 9.78 Å². The van der Waals surface area contributed by atoms with Crippen molar-refractivity contribution >= 4 is 17.4 Å². The zero-order chi connectivity index (χ0) is 19.0. The fourth-order valence-corrected chi connectivity index (χ4v) is 3.64. The molecule has 0 amide bonds. The van der Waals surface area contributed by atoms with Crippen LogP contribution in [0.5, 0.6) is 17.2 Å². The Kier molecular flexibility index (Phi) is 4.58. The van der Waals surface area contributed by atoms with Gasteiger partial charge in [0.1, 0.15) is 5.82 Å². The van der Waals surface area contributed by atoms with Crippen LogP contribution in [-0.2, 0) is 6.42 Å². The molecule has 7 heteroatoms. The van der Waals surface area contributed by atoms with Crippen LogP contribution >= 0.6 is 11.6 Å². The van der Waals surface area contributed by atoms with E-state index in [1.165, 1.54) is 0 Å². The first-order chi connectivity index (χ1) is 13.2. The number of halogens is 1. The molecule has 2 aromatic carbocycles. The molecular weight excluding hydrogens is 366 g/mol. The Balaban J connectivity index is 1.91. The number of benzene rings is 2. The molecule has 0 radical (unpaired) electrons. The molecule has 27 heavy (non-hydrogen) atoms. The summed E-state index contributed by atoms with van der Waals surface area (Å²) >= 11 is 6.41. The Labute approximate surface area is 162 Å². The fraction of sp³-hybridized carbons (Fsp3) is 0.250. The lowest BCUT2D eigenvalue weighted by Gasteiger charge is -2.13. The largest absolute Gasteiger partial charge is 0.493 e. The van der Waals surface area contributed by atoms with Crippen molar-refractivity contribution in [1.29, 1.82) is 0 Å². The average molecular weight is 386 g/mol. The zero-order valence-electron chi connectivity index (χ0n) is 15.4. The topological polar surface area (TPSA) is 57.5 Å². The smallest absolute Gasteiger partial charge is 0.203 e. The summed E-state index contributed by atoms with van der Waals surface area (Å²) in [4.78, 5) is 0. The third-order valence-electron chi connectivity index (χ3n) is 4.67. The Morgan fingerprint density at radius 1 is 1.04 bits per heavy atom. The summed E-state index contributed by atoms with van der Waals surface area (Å²) in [6.45, 7) is 0.856. The number of nitrogens with zero attached hydrogens (tertiary/aromatic N) is 2. The predicted octanol–water partition coefficient (Wildman–Crippen LogP) is 4.19. The van der Waals surface area contributed by atoms with E-state index in [9.17, 15) is 0 Å². The molecule has 1 aliphatic rings. The SMILES string of the molecule is COc1cc(-c2nn(-c3ccccc3Cl)c3c2CCN3)cc(OC)c1OC. The first-order valence-electron chi connectivity index (χ1n) is 8.59. The molecule has 0 aliphatic carbocycles. The van der Waals surface area contributed by atoms with Gasteiger partial charge < -0.3 is 19.5 Å². The molecular formula is C20H20ClN3O3. The van der Waals surface area contributed by atoms with Gasteiger partial charge in [0.25, 0.3) is 0 Å². The number of para-hydroxylation sites is 1. The van der Waals surface area contributed by atoms with Gasteiger partial charge in [-0.25, -0.2) is 4.68 Å². The van der Waals surface area contributed by atoms with E-state index in [0.717, 1.165) is 41.3 Å². The lowest BCUT2D eigenvalue weighted by atomic mass is 10.1. The van der Waals surface area contributed by atoms with E-state index in [1.54, 1.807) is 21.3 Å². The highest BCUT2D eigenvalue weighted by Crippen LogP contribution is 2.43. The third-order valence-corrected chi connectivity index (χ3v) is 4.99. The normalized spacial score (nSPS) is 12.4. The van der Waals surface area contributed by atoms with Crippen molar-refractivity contribution in [3.05, 3.63) is 47.0 Å². The van der Waals surface area contributed by atoms with Gasteiger partial charge in [-0.05, 0) is 30.7 Å². The molecule has 6 nitrogen and oxygen atoms in total. The van der Waals surface area contributed by atoms with Crippen molar-refractivity contribution in [3.8, 4) is 34.2 Å². The second-order valence-electron chi connectivity index (χ2n) is 6.13. The van der Waals surface area contributed by atoms with Crippen LogP contribution in [0.15, 0.2) is 36.4 Å². The average Bonchev–Trinajstić information content (AvgIpc) is 3.30. The highest BCUT2D eigenvalue weighted by Gasteiger charge is 2.26. The Morgan fingerprint density at radius 3 is 2.37 bits per heavy atom. The van der Waals surface area contributed by atoms with Crippen LogP contribution in [0.4, 0.5) is 5.82 Å². The van der Waals surface area contributed by atoms with Crippen molar-refractivity contribution in [2.75, 3.05) is 33.2 Å². The lowest BCUT2D eigenvalue weighted by molar-refractivity contribution is 0.324. The van der Waals surface area contributed by atoms with Crippen LogP contribution in [0.3, 0.4) is 0 Å². The molecule has 0 fully saturated rings. The number of rotatable bonds is 5. The first kappa shape index (κ1) is 17.5. The number of aromatic nitrogens is 2. The number of anilines is 1. The van der Waals surface area contributed by atoms with Crippen molar-refractivity contribution in [2.24, 2.45) is 0 Å². The Hall–Kier alpha value is -2.86. The molecule has 0 spiro atoms. The van der Waals surface area contributed by atoms with Crippen LogP contribution in [0.25, 0.3) is 16.9 Å². The summed E-state index contributed by atoms with van der Waals surface area (Å²) in [5.74, 6) is 2.72. The Bertz CT molecular complexity index is 975. The van der Waals surface area contributed by atoms with Crippen molar-refractivity contribution < 1.29 is 14.2 Å². The van der Waals surface area contributed by atoms with Gasteiger partial charge in [0.05, 0.1) is 37.7 Å². The third kappa shape index (κ3) is 2.86. The molecule has 140 valence electrons. The maximum absolute atomic E-state index is 6.41. The Morgan fingerprint density at radius 2 is 1.74 bits per heavy atom. The van der Waals surface area contributed by atoms with Crippen LogP contribution in [0.1, 0.15) is 5.56 Å². The molecule has 2 heterocycles. The quantitative estimate of drug-likeness (QED) is 0.713. The summed E-state index contributed by atoms with van der Waals surface area (Å²) < 4.78 is 18.3. The van der Waals surface area contributed by atoms with Crippen molar-refractivity contribution in [2.45, 2.75) is 6.42 Å². The summed E-state index contributed by atoms with van der Waals surface area (Å²) in [6.07, 6.45) is 0.881. The van der Waals surface area contributed by atoms with E-state index in [2.05, 4.69) is 5.32 Å². The number of nitrogens with one attached hydrogen (secondary N) is 1. The van der Waals surface area contributed by atoms with Crippen LogP contribution in [0.2, 0.25) is 5.02 Å². The standard InChI is InChI=1S/C20H20ClN3O3/c1-25-16-10-12(11-17(26-2)19(16)27-3)18-13-8-9-22-20(13)24(23-18)15-7-5-4-6-14(15)21/h4-7,10-11,22H,8-9H2,1-3H3. The summed E-state index contributed by atoms with van der Waals surface area (Å²) in [6, 6.07) is 11.5. The number of hydrogen-bond acceptors (Lipinski definition) is 5. The molecule has 0 bridgehead atoms. The highest BCUT2D eigenvalue weighted by molar-refractivity contribution is 6.32. The second kappa shape index (κ2) is 7.04. The van der Waals surface area contributed by atoms with Gasteiger partial charge in [0, 0.05) is 17.7 Å². The maximum atomic E-state index is 6.41. The molecule has 0 saturated carbocycles. The minimum atomic E-state index is 0.559. The molecule has 4 rings (SSSR count). The first-order valence-corrected chi connectivity index (χ1v) is 8.96. The van der Waals surface area contributed by atoms with Gasteiger partial charge in [0.2, 0.25) is 5.75 Å². The fourth-order valence-electron chi connectivity index (χ4n) is 3.42. The van der Waals surface area contributed by atoms with E-state index < -0.39 is 0 Å². The molecule has 1 aliphatic heterocycles. The zero-order valence-corrected chi connectivity index (χ0v) is 16.1. The van der Waals surface area contributed by atoms with Gasteiger partial charge in [-0.15, -0.1) is 0 Å². The van der Waals surface area contributed by atoms with E-state index in [4.69, 9.17) is 30.9 Å². The number of ether oxygens (including phenoxy) is 3. The van der Waals surface area contributed by atoms with Crippen LogP contribution in [-0.4, -0.2) is 37.7 Å². The second-order valence-corrected chi connectivity index (χ2v) is 6.54. The van der Waals surface area contributed by atoms with Gasteiger partial charge >= 0.3 is 0 Å². The minimum absolute atomic E-state index is 0.559. The van der Waals surface area contributed by atoms with Crippen molar-refractivity contribution in [3.63, 3.8) is 0 Å².